The Labute approximate surface area is 231 Å². The molecule has 1 saturated heterocycles. The summed E-state index contributed by atoms with van der Waals surface area (Å²) in [6.45, 7) is 4.46. The zero-order valence-electron chi connectivity index (χ0n) is 22.3. The molecule has 1 fully saturated rings. The Kier molecular flexibility index (Phi) is 6.83. The Balaban J connectivity index is 1.23. The number of aromatic amines is 2. The van der Waals surface area contributed by atoms with Crippen molar-refractivity contribution in [3.8, 4) is 11.4 Å². The molecule has 5 aromatic rings. The minimum absolute atomic E-state index is 0.273. The van der Waals surface area contributed by atoms with Crippen LogP contribution in [0.2, 0.25) is 0 Å². The van der Waals surface area contributed by atoms with Gasteiger partial charge in [-0.2, -0.15) is 0 Å². The van der Waals surface area contributed by atoms with Crippen LogP contribution >= 0.6 is 0 Å². The number of nitrogens with one attached hydrogen (secondary N) is 4. The average Bonchev–Trinajstić information content (AvgIpc) is 3.37. The van der Waals surface area contributed by atoms with Gasteiger partial charge in [0.25, 0.3) is 5.56 Å². The van der Waals surface area contributed by atoms with Crippen molar-refractivity contribution in [2.45, 2.75) is 6.42 Å². The predicted molar refractivity (Wildman–Crippen MR) is 161 cm³/mol. The van der Waals surface area contributed by atoms with Crippen molar-refractivity contribution in [1.82, 2.24) is 25.2 Å². The first-order valence-corrected chi connectivity index (χ1v) is 13.4. The van der Waals surface area contributed by atoms with Crippen LogP contribution in [-0.4, -0.2) is 65.7 Å². The molecule has 0 spiro atoms. The maximum Gasteiger partial charge on any atom is 0.319 e. The smallest absolute Gasteiger partial charge is 0.319 e. The number of urea groups is 1. The summed E-state index contributed by atoms with van der Waals surface area (Å²) >= 11 is 0. The number of hydrogen-bond acceptors (Lipinski definition) is 6. The second kappa shape index (κ2) is 10.7. The monoisotopic (exact) mass is 536 g/mol. The molecule has 3 heterocycles. The summed E-state index contributed by atoms with van der Waals surface area (Å²) < 4.78 is 0. The molecule has 3 aromatic carbocycles. The molecule has 40 heavy (non-hydrogen) atoms. The number of H-pyrrole nitrogens is 2. The number of carbonyl (C=O) groups is 1. The number of imidazole rings is 1. The van der Waals surface area contributed by atoms with Crippen LogP contribution in [0.1, 0.15) is 5.56 Å². The SMILES string of the molecule is CN1CCN(c2ccc3nc(-c4c(N)c5cc(NC(=O)NCCc6ccccc6)ccc5[nH]c4=O)[nH]c3c2)CC1. The normalized spacial score (nSPS) is 14.1. The highest BCUT2D eigenvalue weighted by Crippen LogP contribution is 2.31. The molecule has 0 unspecified atom stereocenters. The quantitative estimate of drug-likeness (QED) is 0.224. The fourth-order valence-electron chi connectivity index (χ4n) is 5.15. The molecule has 6 N–H and O–H groups in total. The van der Waals surface area contributed by atoms with Gasteiger partial charge in [0.2, 0.25) is 0 Å². The van der Waals surface area contributed by atoms with Gasteiger partial charge in [-0.25, -0.2) is 9.78 Å². The van der Waals surface area contributed by atoms with E-state index in [-0.39, 0.29) is 17.2 Å². The molecule has 0 bridgehead atoms. The number of nitrogen functional groups attached to an aromatic ring is 1. The van der Waals surface area contributed by atoms with Gasteiger partial charge in [-0.1, -0.05) is 30.3 Å². The van der Waals surface area contributed by atoms with E-state index in [1.165, 1.54) is 0 Å². The van der Waals surface area contributed by atoms with Gasteiger partial charge >= 0.3 is 6.03 Å². The van der Waals surface area contributed by atoms with E-state index in [0.29, 0.717) is 34.6 Å². The van der Waals surface area contributed by atoms with Crippen molar-refractivity contribution in [1.29, 1.82) is 0 Å². The van der Waals surface area contributed by atoms with E-state index in [1.54, 1.807) is 18.2 Å². The van der Waals surface area contributed by atoms with Crippen LogP contribution in [0.5, 0.6) is 0 Å². The molecule has 0 aliphatic carbocycles. The van der Waals surface area contributed by atoms with E-state index in [2.05, 4.69) is 54.6 Å². The number of rotatable bonds is 6. The molecule has 10 heteroatoms. The standard InChI is InChI=1S/C30H32N8O2/c1-37-13-15-38(16-14-37)21-8-10-24-25(18-21)35-28(34-24)26-27(31)22-17-20(7-9-23(22)36-29(26)39)33-30(40)32-12-11-19-5-3-2-4-6-19/h2-10,17-18H,11-16H2,1H3,(H,34,35)(H3,31,36,39)(H2,32,33,40). The Morgan fingerprint density at radius 1 is 0.975 bits per heavy atom. The summed E-state index contributed by atoms with van der Waals surface area (Å²) in [6, 6.07) is 21.0. The Hall–Kier alpha value is -4.83. The first-order chi connectivity index (χ1) is 19.4. The van der Waals surface area contributed by atoms with Crippen molar-refractivity contribution >= 4 is 45.0 Å². The molecule has 6 rings (SSSR count). The zero-order chi connectivity index (χ0) is 27.6. The summed E-state index contributed by atoms with van der Waals surface area (Å²) in [5.41, 5.74) is 11.8. The summed E-state index contributed by atoms with van der Waals surface area (Å²) in [6.07, 6.45) is 0.734. The molecule has 0 atom stereocenters. The lowest BCUT2D eigenvalue weighted by Gasteiger charge is -2.34. The van der Waals surface area contributed by atoms with Gasteiger partial charge < -0.3 is 36.1 Å². The lowest BCUT2D eigenvalue weighted by molar-refractivity contribution is 0.252. The van der Waals surface area contributed by atoms with Gasteiger partial charge in [-0.3, -0.25) is 4.79 Å². The molecule has 1 aliphatic rings. The highest BCUT2D eigenvalue weighted by atomic mass is 16.2. The number of nitrogens with two attached hydrogens (primary N) is 1. The molecular weight excluding hydrogens is 504 g/mol. The van der Waals surface area contributed by atoms with Crippen molar-refractivity contribution in [3.05, 3.63) is 82.6 Å². The summed E-state index contributed by atoms with van der Waals surface area (Å²) in [5.74, 6) is 0.406. The third-order valence-corrected chi connectivity index (χ3v) is 7.42. The summed E-state index contributed by atoms with van der Waals surface area (Å²) in [4.78, 5) is 41.1. The van der Waals surface area contributed by atoms with Gasteiger partial charge in [-0.15, -0.1) is 0 Å². The maximum atomic E-state index is 13.1. The second-order valence-electron chi connectivity index (χ2n) is 10.2. The van der Waals surface area contributed by atoms with Crippen molar-refractivity contribution in [2.75, 3.05) is 55.7 Å². The van der Waals surface area contributed by atoms with E-state index in [9.17, 15) is 9.59 Å². The number of hydrogen-bond donors (Lipinski definition) is 5. The van der Waals surface area contributed by atoms with Gasteiger partial charge in [0.1, 0.15) is 11.4 Å². The highest BCUT2D eigenvalue weighted by Gasteiger charge is 2.19. The average molecular weight is 537 g/mol. The number of carbonyl (C=O) groups excluding carboxylic acids is 1. The second-order valence-corrected chi connectivity index (χ2v) is 10.2. The van der Waals surface area contributed by atoms with Gasteiger partial charge in [0, 0.05) is 49.5 Å². The topological polar surface area (TPSA) is 135 Å². The fourth-order valence-corrected chi connectivity index (χ4v) is 5.15. The van der Waals surface area contributed by atoms with E-state index >= 15 is 0 Å². The zero-order valence-corrected chi connectivity index (χ0v) is 22.3. The number of fused-ring (bicyclic) bond motifs is 2. The van der Waals surface area contributed by atoms with Gasteiger partial charge in [-0.05, 0) is 55.4 Å². The Morgan fingerprint density at radius 2 is 1.77 bits per heavy atom. The minimum atomic E-state index is -0.331. The number of likely N-dealkylation sites (N-methyl/N-ethyl adjacent to an activating group) is 1. The van der Waals surface area contributed by atoms with Crippen LogP contribution in [0.25, 0.3) is 33.3 Å². The number of anilines is 3. The molecule has 204 valence electrons. The predicted octanol–water partition coefficient (Wildman–Crippen LogP) is 3.77. The maximum absolute atomic E-state index is 13.1. The van der Waals surface area contributed by atoms with Crippen molar-refractivity contribution < 1.29 is 4.79 Å². The third kappa shape index (κ3) is 5.21. The number of pyridine rings is 1. The lowest BCUT2D eigenvalue weighted by Crippen LogP contribution is -2.44. The lowest BCUT2D eigenvalue weighted by atomic mass is 10.1. The van der Waals surface area contributed by atoms with E-state index in [4.69, 9.17) is 5.73 Å². The minimum Gasteiger partial charge on any atom is -0.397 e. The van der Waals surface area contributed by atoms with E-state index in [0.717, 1.165) is 54.9 Å². The number of amides is 2. The summed E-state index contributed by atoms with van der Waals surface area (Å²) in [7, 11) is 2.13. The molecule has 2 aromatic heterocycles. The van der Waals surface area contributed by atoms with Gasteiger partial charge in [0.05, 0.1) is 22.2 Å². The number of aromatic nitrogens is 3. The molecule has 0 radical (unpaired) electrons. The fraction of sp³-hybridized carbons (Fsp3) is 0.233. The number of benzene rings is 3. The van der Waals surface area contributed by atoms with Gasteiger partial charge in [0.15, 0.2) is 0 Å². The third-order valence-electron chi connectivity index (χ3n) is 7.42. The molecular formula is C30H32N8O2. The first kappa shape index (κ1) is 25.4. The van der Waals surface area contributed by atoms with Crippen LogP contribution in [-0.2, 0) is 6.42 Å². The van der Waals surface area contributed by atoms with Crippen molar-refractivity contribution in [3.63, 3.8) is 0 Å². The highest BCUT2D eigenvalue weighted by molar-refractivity contribution is 6.01. The Bertz CT molecular complexity index is 1740. The molecule has 1 aliphatic heterocycles. The largest absolute Gasteiger partial charge is 0.397 e. The Morgan fingerprint density at radius 3 is 2.58 bits per heavy atom. The van der Waals surface area contributed by atoms with E-state index in [1.807, 2.05) is 36.4 Å². The molecule has 2 amide bonds. The van der Waals surface area contributed by atoms with Crippen LogP contribution in [0, 0.1) is 0 Å². The molecule has 10 nitrogen and oxygen atoms in total. The van der Waals surface area contributed by atoms with Crippen LogP contribution in [0.4, 0.5) is 21.9 Å². The van der Waals surface area contributed by atoms with Crippen molar-refractivity contribution in [2.24, 2.45) is 0 Å². The first-order valence-electron chi connectivity index (χ1n) is 13.4. The summed E-state index contributed by atoms with van der Waals surface area (Å²) in [5, 5.41) is 6.35. The molecule has 0 saturated carbocycles. The number of piperazine rings is 1. The van der Waals surface area contributed by atoms with E-state index < -0.39 is 0 Å². The van der Waals surface area contributed by atoms with Crippen LogP contribution < -0.4 is 26.8 Å². The number of nitrogens with zero attached hydrogens (tertiary/aromatic N) is 3. The van der Waals surface area contributed by atoms with Crippen LogP contribution in [0.3, 0.4) is 0 Å². The van der Waals surface area contributed by atoms with Crippen LogP contribution in [0.15, 0.2) is 71.5 Å².